The number of hydrogen-bond acceptors (Lipinski definition) is 5. The number of rotatable bonds is 6. The fourth-order valence-corrected chi connectivity index (χ4v) is 2.71. The number of para-hydroxylation sites is 1. The van der Waals surface area contributed by atoms with Gasteiger partial charge in [0.2, 0.25) is 5.91 Å². The summed E-state index contributed by atoms with van der Waals surface area (Å²) in [6.07, 6.45) is 3.85. The second kappa shape index (κ2) is 8.81. The summed E-state index contributed by atoms with van der Waals surface area (Å²) >= 11 is 0. The Kier molecular flexibility index (Phi) is 6.01. The molecule has 6 heteroatoms. The Morgan fingerprint density at radius 2 is 1.82 bits per heavy atom. The van der Waals surface area contributed by atoms with Crippen molar-refractivity contribution in [1.29, 1.82) is 0 Å². The third-order valence-electron chi connectivity index (χ3n) is 4.06. The molecule has 0 aliphatic heterocycles. The van der Waals surface area contributed by atoms with E-state index in [2.05, 4.69) is 5.32 Å². The number of carbonyl (C=O) groups excluding carboxylic acids is 2. The van der Waals surface area contributed by atoms with Crippen LogP contribution < -0.4 is 10.7 Å². The molecule has 0 spiro atoms. The molecule has 0 aliphatic rings. The summed E-state index contributed by atoms with van der Waals surface area (Å²) in [5, 5.41) is 3.04. The van der Waals surface area contributed by atoms with Crippen LogP contribution in [0.1, 0.15) is 24.1 Å². The van der Waals surface area contributed by atoms with Crippen LogP contribution in [-0.2, 0) is 14.3 Å². The van der Waals surface area contributed by atoms with Crippen molar-refractivity contribution in [3.63, 3.8) is 0 Å². The Morgan fingerprint density at radius 3 is 2.57 bits per heavy atom. The second-order valence-electron chi connectivity index (χ2n) is 5.95. The lowest BCUT2D eigenvalue weighted by atomic mass is 10.1. The van der Waals surface area contributed by atoms with Gasteiger partial charge in [0.15, 0.2) is 11.5 Å². The van der Waals surface area contributed by atoms with Crippen LogP contribution in [0.3, 0.4) is 0 Å². The minimum absolute atomic E-state index is 0.200. The van der Waals surface area contributed by atoms with E-state index in [1.54, 1.807) is 55.5 Å². The maximum absolute atomic E-state index is 12.5. The van der Waals surface area contributed by atoms with Gasteiger partial charge in [0.1, 0.15) is 11.8 Å². The van der Waals surface area contributed by atoms with E-state index in [-0.39, 0.29) is 17.6 Å². The maximum Gasteiger partial charge on any atom is 0.333 e. The minimum Gasteiger partial charge on any atom is -0.464 e. The van der Waals surface area contributed by atoms with Gasteiger partial charge >= 0.3 is 5.97 Å². The van der Waals surface area contributed by atoms with Gasteiger partial charge in [-0.3, -0.25) is 9.59 Å². The highest BCUT2D eigenvalue weighted by atomic mass is 16.5. The molecule has 1 unspecified atom stereocenters. The first-order valence-electron chi connectivity index (χ1n) is 8.81. The molecule has 142 valence electrons. The van der Waals surface area contributed by atoms with E-state index in [0.29, 0.717) is 16.5 Å². The third kappa shape index (κ3) is 4.35. The van der Waals surface area contributed by atoms with Gasteiger partial charge in [0, 0.05) is 6.08 Å². The van der Waals surface area contributed by atoms with Crippen molar-refractivity contribution in [2.75, 3.05) is 6.61 Å². The molecule has 1 aromatic heterocycles. The Morgan fingerprint density at radius 1 is 1.11 bits per heavy atom. The molecule has 1 amide bonds. The van der Waals surface area contributed by atoms with Crippen LogP contribution in [0.25, 0.3) is 17.0 Å². The number of nitrogens with one attached hydrogen (secondary N) is 1. The van der Waals surface area contributed by atoms with Gasteiger partial charge in [-0.05, 0) is 30.7 Å². The molecule has 0 saturated carbocycles. The molecular weight excluding hydrogens is 358 g/mol. The fourth-order valence-electron chi connectivity index (χ4n) is 2.71. The summed E-state index contributed by atoms with van der Waals surface area (Å²) in [6.45, 7) is 1.90. The molecule has 28 heavy (non-hydrogen) atoms. The molecular formula is C22H19NO5. The molecule has 0 bridgehead atoms. The van der Waals surface area contributed by atoms with Gasteiger partial charge in [-0.25, -0.2) is 4.79 Å². The number of carbonyl (C=O) groups is 2. The molecule has 1 atom stereocenters. The molecule has 6 nitrogen and oxygen atoms in total. The van der Waals surface area contributed by atoms with Crippen LogP contribution in [0.2, 0.25) is 0 Å². The highest BCUT2D eigenvalue weighted by Gasteiger charge is 2.23. The zero-order valence-electron chi connectivity index (χ0n) is 15.3. The minimum atomic E-state index is -0.939. The van der Waals surface area contributed by atoms with Crippen LogP contribution in [0, 0.1) is 0 Å². The first-order chi connectivity index (χ1) is 13.6. The van der Waals surface area contributed by atoms with E-state index < -0.39 is 17.9 Å². The lowest BCUT2D eigenvalue weighted by molar-refractivity contribution is -0.147. The van der Waals surface area contributed by atoms with Crippen LogP contribution in [0.15, 0.2) is 76.1 Å². The van der Waals surface area contributed by atoms with E-state index in [9.17, 15) is 14.4 Å². The third-order valence-corrected chi connectivity index (χ3v) is 4.06. The smallest absolute Gasteiger partial charge is 0.333 e. The number of hydrogen-bond donors (Lipinski definition) is 1. The van der Waals surface area contributed by atoms with E-state index in [4.69, 9.17) is 9.15 Å². The van der Waals surface area contributed by atoms with Crippen molar-refractivity contribution in [1.82, 2.24) is 5.32 Å². The Bertz CT molecular complexity index is 1070. The topological polar surface area (TPSA) is 85.6 Å². The largest absolute Gasteiger partial charge is 0.464 e. The number of fused-ring (bicyclic) bond motifs is 1. The zero-order valence-corrected chi connectivity index (χ0v) is 15.3. The predicted molar refractivity (Wildman–Crippen MR) is 105 cm³/mol. The second-order valence-corrected chi connectivity index (χ2v) is 5.95. The molecule has 1 N–H and O–H groups in total. The summed E-state index contributed by atoms with van der Waals surface area (Å²) in [5.74, 6) is -1.09. The van der Waals surface area contributed by atoms with Gasteiger partial charge < -0.3 is 14.5 Å². The molecule has 0 saturated heterocycles. The highest BCUT2D eigenvalue weighted by Crippen LogP contribution is 2.15. The Balaban J connectivity index is 1.80. The zero-order chi connectivity index (χ0) is 19.9. The summed E-state index contributed by atoms with van der Waals surface area (Å²) in [6, 6.07) is 14.7. The molecule has 3 aromatic rings. The van der Waals surface area contributed by atoms with E-state index in [0.717, 1.165) is 0 Å². The average molecular weight is 377 g/mol. The van der Waals surface area contributed by atoms with Gasteiger partial charge in [-0.15, -0.1) is 0 Å². The first kappa shape index (κ1) is 19.1. The lowest BCUT2D eigenvalue weighted by Gasteiger charge is -2.16. The monoisotopic (exact) mass is 377 g/mol. The highest BCUT2D eigenvalue weighted by molar-refractivity contribution is 5.95. The summed E-state index contributed by atoms with van der Waals surface area (Å²) in [4.78, 5) is 37.0. The quantitative estimate of drug-likeness (QED) is 0.527. The van der Waals surface area contributed by atoms with Gasteiger partial charge in [0.05, 0.1) is 17.6 Å². The normalized spacial score (nSPS) is 12.0. The fraction of sp³-hybridized carbons (Fsp3) is 0.136. The summed E-state index contributed by atoms with van der Waals surface area (Å²) in [7, 11) is 0. The number of benzene rings is 2. The molecule has 1 heterocycles. The van der Waals surface area contributed by atoms with Crippen molar-refractivity contribution in [3.8, 4) is 0 Å². The molecule has 2 aromatic carbocycles. The van der Waals surface area contributed by atoms with Crippen LogP contribution >= 0.6 is 0 Å². The Hall–Kier alpha value is -3.67. The standard InChI is InChI=1S/C22H19NO5/c1-2-27-22(26)20(15-8-4-3-5-9-15)23-19(24)13-12-16-14-28-18-11-7-6-10-17(18)21(16)25/h3-14,20H,2H2,1H3,(H,23,24)/b13-12+. The number of ether oxygens (including phenoxy) is 1. The van der Waals surface area contributed by atoms with E-state index >= 15 is 0 Å². The van der Waals surface area contributed by atoms with Crippen molar-refractivity contribution < 1.29 is 18.7 Å². The summed E-state index contributed by atoms with van der Waals surface area (Å²) in [5.41, 5.74) is 1.07. The van der Waals surface area contributed by atoms with Crippen LogP contribution in [0.4, 0.5) is 0 Å². The van der Waals surface area contributed by atoms with Crippen molar-refractivity contribution >= 4 is 28.9 Å². The van der Waals surface area contributed by atoms with Crippen LogP contribution in [-0.4, -0.2) is 18.5 Å². The molecule has 0 aliphatic carbocycles. The predicted octanol–water partition coefficient (Wildman–Crippen LogP) is 3.23. The SMILES string of the molecule is CCOC(=O)C(NC(=O)/C=C/c1coc2ccccc2c1=O)c1ccccc1. The van der Waals surface area contributed by atoms with Crippen molar-refractivity contribution in [2.24, 2.45) is 0 Å². The molecule has 0 fully saturated rings. The molecule has 0 radical (unpaired) electrons. The van der Waals surface area contributed by atoms with E-state index in [1.165, 1.54) is 18.4 Å². The van der Waals surface area contributed by atoms with Crippen molar-refractivity contribution in [3.05, 3.63) is 88.3 Å². The Labute approximate surface area is 161 Å². The summed E-state index contributed by atoms with van der Waals surface area (Å²) < 4.78 is 10.5. The van der Waals surface area contributed by atoms with Crippen LogP contribution in [0.5, 0.6) is 0 Å². The van der Waals surface area contributed by atoms with Crippen molar-refractivity contribution in [2.45, 2.75) is 13.0 Å². The number of amides is 1. The number of esters is 1. The maximum atomic E-state index is 12.5. The van der Waals surface area contributed by atoms with Gasteiger partial charge in [-0.1, -0.05) is 42.5 Å². The molecule has 3 rings (SSSR count). The van der Waals surface area contributed by atoms with Gasteiger partial charge in [0.25, 0.3) is 0 Å². The average Bonchev–Trinajstić information content (AvgIpc) is 2.72. The van der Waals surface area contributed by atoms with E-state index in [1.807, 2.05) is 6.07 Å². The lowest BCUT2D eigenvalue weighted by Crippen LogP contribution is -2.34. The first-order valence-corrected chi connectivity index (χ1v) is 8.81. The van der Waals surface area contributed by atoms with Gasteiger partial charge in [-0.2, -0.15) is 0 Å².